The summed E-state index contributed by atoms with van der Waals surface area (Å²) in [6, 6.07) is 0.700. The number of rotatable bonds is 5. The maximum absolute atomic E-state index is 4.41. The lowest BCUT2D eigenvalue weighted by Crippen LogP contribution is -2.64. The summed E-state index contributed by atoms with van der Waals surface area (Å²) in [6.45, 7) is 8.25. The fourth-order valence-electron chi connectivity index (χ4n) is 3.36. The van der Waals surface area contributed by atoms with E-state index in [0.717, 1.165) is 25.4 Å². The molecular formula is C15H25N3S. The van der Waals surface area contributed by atoms with Crippen LogP contribution in [0.2, 0.25) is 0 Å². The van der Waals surface area contributed by atoms with E-state index in [0.29, 0.717) is 11.6 Å². The number of hydrogen-bond acceptors (Lipinski definition) is 4. The average molecular weight is 279 g/mol. The zero-order chi connectivity index (χ0) is 13.3. The van der Waals surface area contributed by atoms with E-state index in [1.165, 1.54) is 31.5 Å². The Kier molecular flexibility index (Phi) is 3.92. The normalized spacial score (nSPS) is 32.6. The summed E-state index contributed by atoms with van der Waals surface area (Å²) in [5, 5.41) is 6.01. The molecule has 0 aromatic carbocycles. The molecule has 3 rings (SSSR count). The number of aromatic nitrogens is 1. The van der Waals surface area contributed by atoms with Gasteiger partial charge in [0.15, 0.2) is 0 Å². The number of thiazole rings is 1. The van der Waals surface area contributed by atoms with E-state index in [4.69, 9.17) is 0 Å². The monoisotopic (exact) mass is 279 g/mol. The molecule has 0 radical (unpaired) electrons. The second-order valence-corrected chi connectivity index (χ2v) is 7.05. The second kappa shape index (κ2) is 5.51. The van der Waals surface area contributed by atoms with Crippen LogP contribution in [0, 0.1) is 5.92 Å². The van der Waals surface area contributed by atoms with Crippen LogP contribution in [0.4, 0.5) is 0 Å². The van der Waals surface area contributed by atoms with Crippen LogP contribution < -0.4 is 5.32 Å². The van der Waals surface area contributed by atoms with Gasteiger partial charge in [0, 0.05) is 43.0 Å². The molecule has 4 heteroatoms. The van der Waals surface area contributed by atoms with Gasteiger partial charge in [-0.05, 0) is 32.1 Å². The van der Waals surface area contributed by atoms with Crippen molar-refractivity contribution in [2.75, 3.05) is 19.6 Å². The lowest BCUT2D eigenvalue weighted by atomic mass is 9.90. The summed E-state index contributed by atoms with van der Waals surface area (Å²) in [4.78, 5) is 7.11. The Morgan fingerprint density at radius 2 is 2.37 bits per heavy atom. The van der Waals surface area contributed by atoms with E-state index in [2.05, 4.69) is 34.4 Å². The molecule has 1 N–H and O–H groups in total. The molecule has 2 aliphatic rings. The standard InChI is InChI=1S/C15H25N3S/c1-3-14-8-17-15(2,12-4-5-12)10-18(14)7-6-13-9-19-11-16-13/h9,11-12,14,17H,3-8,10H2,1-2H3. The lowest BCUT2D eigenvalue weighted by Gasteiger charge is -2.46. The van der Waals surface area contributed by atoms with Crippen LogP contribution in [0.15, 0.2) is 10.9 Å². The summed E-state index contributed by atoms with van der Waals surface area (Å²) in [6.07, 6.45) is 5.17. The average Bonchev–Trinajstić information content (AvgIpc) is 3.15. The molecule has 19 heavy (non-hydrogen) atoms. The predicted octanol–water partition coefficient (Wildman–Crippen LogP) is 2.54. The third-order valence-corrected chi connectivity index (χ3v) is 5.51. The van der Waals surface area contributed by atoms with Gasteiger partial charge in [-0.15, -0.1) is 11.3 Å². The summed E-state index contributed by atoms with van der Waals surface area (Å²) >= 11 is 1.71. The van der Waals surface area contributed by atoms with Crippen LogP contribution in [0.3, 0.4) is 0 Å². The van der Waals surface area contributed by atoms with Crippen molar-refractivity contribution in [2.45, 2.75) is 51.1 Å². The van der Waals surface area contributed by atoms with Crippen LogP contribution >= 0.6 is 11.3 Å². The van der Waals surface area contributed by atoms with Crippen molar-refractivity contribution in [2.24, 2.45) is 5.92 Å². The van der Waals surface area contributed by atoms with Crippen molar-refractivity contribution in [3.63, 3.8) is 0 Å². The fraction of sp³-hybridized carbons (Fsp3) is 0.800. The highest BCUT2D eigenvalue weighted by atomic mass is 32.1. The van der Waals surface area contributed by atoms with E-state index in [-0.39, 0.29) is 0 Å². The summed E-state index contributed by atoms with van der Waals surface area (Å²) in [7, 11) is 0. The van der Waals surface area contributed by atoms with Crippen LogP contribution in [0.1, 0.15) is 38.8 Å². The van der Waals surface area contributed by atoms with Gasteiger partial charge in [-0.3, -0.25) is 4.90 Å². The molecule has 1 saturated heterocycles. The third-order valence-electron chi connectivity index (χ3n) is 4.88. The Balaban J connectivity index is 1.61. The number of piperazine rings is 1. The Morgan fingerprint density at radius 3 is 3.00 bits per heavy atom. The minimum absolute atomic E-state index is 0.355. The molecule has 3 nitrogen and oxygen atoms in total. The summed E-state index contributed by atoms with van der Waals surface area (Å²) < 4.78 is 0. The maximum atomic E-state index is 4.41. The molecule has 2 heterocycles. The zero-order valence-corrected chi connectivity index (χ0v) is 12.9. The SMILES string of the molecule is CCC1CNC(C)(C2CC2)CN1CCc1cscn1. The van der Waals surface area contributed by atoms with Gasteiger partial charge >= 0.3 is 0 Å². The molecule has 2 unspecified atom stereocenters. The molecular weight excluding hydrogens is 254 g/mol. The van der Waals surface area contributed by atoms with E-state index in [1.54, 1.807) is 11.3 Å². The second-order valence-electron chi connectivity index (χ2n) is 6.33. The number of nitrogens with one attached hydrogen (secondary N) is 1. The predicted molar refractivity (Wildman–Crippen MR) is 80.6 cm³/mol. The molecule has 106 valence electrons. The Hall–Kier alpha value is -0.450. The van der Waals surface area contributed by atoms with Gasteiger partial charge in [-0.1, -0.05) is 6.92 Å². The molecule has 2 fully saturated rings. The van der Waals surface area contributed by atoms with Crippen molar-refractivity contribution in [1.29, 1.82) is 0 Å². The van der Waals surface area contributed by atoms with E-state index in [9.17, 15) is 0 Å². The minimum Gasteiger partial charge on any atom is -0.308 e. The molecule has 0 spiro atoms. The highest BCUT2D eigenvalue weighted by Gasteiger charge is 2.45. The first-order chi connectivity index (χ1) is 9.21. The van der Waals surface area contributed by atoms with Gasteiger partial charge in [0.1, 0.15) is 0 Å². The van der Waals surface area contributed by atoms with Crippen molar-refractivity contribution >= 4 is 11.3 Å². The molecule has 0 bridgehead atoms. The molecule has 0 amide bonds. The fourth-order valence-corrected chi connectivity index (χ4v) is 3.96. The van der Waals surface area contributed by atoms with Gasteiger partial charge in [0.2, 0.25) is 0 Å². The van der Waals surface area contributed by atoms with E-state index in [1.807, 2.05) is 5.51 Å². The summed E-state index contributed by atoms with van der Waals surface area (Å²) in [5.74, 6) is 0.909. The van der Waals surface area contributed by atoms with Crippen LogP contribution in [-0.2, 0) is 6.42 Å². The molecule has 1 aliphatic heterocycles. The van der Waals surface area contributed by atoms with Crippen molar-refractivity contribution in [3.8, 4) is 0 Å². The number of nitrogens with zero attached hydrogens (tertiary/aromatic N) is 2. The first-order valence-electron chi connectivity index (χ1n) is 7.57. The van der Waals surface area contributed by atoms with Crippen LogP contribution in [0.5, 0.6) is 0 Å². The molecule has 1 saturated carbocycles. The topological polar surface area (TPSA) is 28.2 Å². The van der Waals surface area contributed by atoms with Gasteiger partial charge < -0.3 is 5.32 Å². The van der Waals surface area contributed by atoms with Gasteiger partial charge in [0.05, 0.1) is 11.2 Å². The van der Waals surface area contributed by atoms with E-state index < -0.39 is 0 Å². The molecule has 2 atom stereocenters. The molecule has 1 aliphatic carbocycles. The molecule has 1 aromatic rings. The highest BCUT2D eigenvalue weighted by Crippen LogP contribution is 2.41. The quantitative estimate of drug-likeness (QED) is 0.898. The lowest BCUT2D eigenvalue weighted by molar-refractivity contribution is 0.0738. The van der Waals surface area contributed by atoms with E-state index >= 15 is 0 Å². The van der Waals surface area contributed by atoms with Gasteiger partial charge in [-0.2, -0.15) is 0 Å². The highest BCUT2D eigenvalue weighted by molar-refractivity contribution is 7.07. The van der Waals surface area contributed by atoms with Crippen molar-refractivity contribution < 1.29 is 0 Å². The number of hydrogen-bond donors (Lipinski definition) is 1. The van der Waals surface area contributed by atoms with Crippen LogP contribution in [0.25, 0.3) is 0 Å². The van der Waals surface area contributed by atoms with Crippen molar-refractivity contribution in [3.05, 3.63) is 16.6 Å². The summed E-state index contributed by atoms with van der Waals surface area (Å²) in [5.41, 5.74) is 3.55. The largest absolute Gasteiger partial charge is 0.308 e. The Bertz CT molecular complexity index is 402. The zero-order valence-electron chi connectivity index (χ0n) is 12.1. The van der Waals surface area contributed by atoms with Crippen molar-refractivity contribution in [1.82, 2.24) is 15.2 Å². The third kappa shape index (κ3) is 3.01. The molecule has 1 aromatic heterocycles. The first kappa shape index (κ1) is 13.5. The Labute approximate surface area is 120 Å². The Morgan fingerprint density at radius 1 is 1.53 bits per heavy atom. The maximum Gasteiger partial charge on any atom is 0.0794 e. The smallest absolute Gasteiger partial charge is 0.0794 e. The van der Waals surface area contributed by atoms with Gasteiger partial charge in [0.25, 0.3) is 0 Å². The van der Waals surface area contributed by atoms with Gasteiger partial charge in [-0.25, -0.2) is 4.98 Å². The van der Waals surface area contributed by atoms with Crippen LogP contribution in [-0.4, -0.2) is 41.1 Å². The first-order valence-corrected chi connectivity index (χ1v) is 8.51. The minimum atomic E-state index is 0.355.